The SMILES string of the molecule is Cc1cc(C(=O)O)cc(N(C)CC2CC3CCC2C3)n1. The van der Waals surface area contributed by atoms with Gasteiger partial charge in [0.25, 0.3) is 0 Å². The Kier molecular flexibility index (Phi) is 3.40. The van der Waals surface area contributed by atoms with E-state index in [9.17, 15) is 4.79 Å². The number of rotatable bonds is 4. The molecule has 1 aromatic heterocycles. The van der Waals surface area contributed by atoms with Crippen LogP contribution in [0.4, 0.5) is 5.82 Å². The lowest BCUT2D eigenvalue weighted by Gasteiger charge is -2.28. The van der Waals surface area contributed by atoms with Gasteiger partial charge in [-0.1, -0.05) is 6.42 Å². The van der Waals surface area contributed by atoms with Gasteiger partial charge >= 0.3 is 5.97 Å². The van der Waals surface area contributed by atoms with Crippen LogP contribution in [0.25, 0.3) is 0 Å². The number of aromatic carboxylic acids is 1. The summed E-state index contributed by atoms with van der Waals surface area (Å²) >= 11 is 0. The van der Waals surface area contributed by atoms with Gasteiger partial charge in [-0.05, 0) is 56.1 Å². The highest BCUT2D eigenvalue weighted by Gasteiger charge is 2.39. The smallest absolute Gasteiger partial charge is 0.335 e. The second-order valence-electron chi connectivity index (χ2n) is 6.48. The predicted octanol–water partition coefficient (Wildman–Crippen LogP) is 2.96. The fraction of sp³-hybridized carbons (Fsp3) is 0.625. The van der Waals surface area contributed by atoms with Crippen LogP contribution in [0.1, 0.15) is 41.7 Å². The van der Waals surface area contributed by atoms with Crippen molar-refractivity contribution >= 4 is 11.8 Å². The van der Waals surface area contributed by atoms with Gasteiger partial charge in [-0.2, -0.15) is 0 Å². The molecule has 3 rings (SSSR count). The molecule has 1 heterocycles. The fourth-order valence-corrected chi connectivity index (χ4v) is 4.02. The monoisotopic (exact) mass is 274 g/mol. The third-order valence-electron chi connectivity index (χ3n) is 4.97. The Morgan fingerprint density at radius 3 is 2.80 bits per heavy atom. The molecule has 2 fully saturated rings. The van der Waals surface area contributed by atoms with E-state index in [1.165, 1.54) is 25.7 Å². The van der Waals surface area contributed by atoms with Crippen molar-refractivity contribution in [2.24, 2.45) is 17.8 Å². The molecule has 0 saturated heterocycles. The van der Waals surface area contributed by atoms with Crippen molar-refractivity contribution in [1.82, 2.24) is 4.98 Å². The molecular weight excluding hydrogens is 252 g/mol. The van der Waals surface area contributed by atoms with Gasteiger partial charge in [0.2, 0.25) is 0 Å². The number of anilines is 1. The van der Waals surface area contributed by atoms with Crippen LogP contribution in [0.3, 0.4) is 0 Å². The van der Waals surface area contributed by atoms with Crippen molar-refractivity contribution in [3.8, 4) is 0 Å². The summed E-state index contributed by atoms with van der Waals surface area (Å²) in [5, 5.41) is 9.14. The number of hydrogen-bond donors (Lipinski definition) is 1. The van der Waals surface area contributed by atoms with Crippen molar-refractivity contribution in [2.75, 3.05) is 18.5 Å². The summed E-state index contributed by atoms with van der Waals surface area (Å²) in [6.45, 7) is 2.85. The number of carbonyl (C=O) groups is 1. The van der Waals surface area contributed by atoms with Crippen molar-refractivity contribution in [3.63, 3.8) is 0 Å². The number of aromatic nitrogens is 1. The average Bonchev–Trinajstić information content (AvgIpc) is 3.00. The molecule has 2 aliphatic carbocycles. The lowest BCUT2D eigenvalue weighted by atomic mass is 9.88. The normalized spacial score (nSPS) is 27.8. The number of hydrogen-bond acceptors (Lipinski definition) is 3. The van der Waals surface area contributed by atoms with E-state index in [4.69, 9.17) is 5.11 Å². The molecule has 0 spiro atoms. The first kappa shape index (κ1) is 13.4. The maximum atomic E-state index is 11.1. The van der Waals surface area contributed by atoms with Crippen LogP contribution >= 0.6 is 0 Å². The van der Waals surface area contributed by atoms with E-state index in [-0.39, 0.29) is 0 Å². The van der Waals surface area contributed by atoms with Crippen molar-refractivity contribution < 1.29 is 9.90 Å². The fourth-order valence-electron chi connectivity index (χ4n) is 4.02. The average molecular weight is 274 g/mol. The van der Waals surface area contributed by atoms with Crippen LogP contribution in [-0.4, -0.2) is 29.7 Å². The molecule has 3 atom stereocenters. The highest BCUT2D eigenvalue weighted by Crippen LogP contribution is 2.48. The summed E-state index contributed by atoms with van der Waals surface area (Å²) in [4.78, 5) is 17.7. The lowest BCUT2D eigenvalue weighted by Crippen LogP contribution is -2.29. The molecular formula is C16H22N2O2. The van der Waals surface area contributed by atoms with Crippen LogP contribution in [0.2, 0.25) is 0 Å². The second-order valence-corrected chi connectivity index (χ2v) is 6.48. The van der Waals surface area contributed by atoms with Gasteiger partial charge < -0.3 is 10.0 Å². The number of pyridine rings is 1. The number of fused-ring (bicyclic) bond motifs is 2. The summed E-state index contributed by atoms with van der Waals surface area (Å²) in [6, 6.07) is 3.31. The Bertz CT molecular complexity index is 529. The zero-order valence-electron chi connectivity index (χ0n) is 12.2. The number of aryl methyl sites for hydroxylation is 1. The molecule has 4 heteroatoms. The molecule has 2 bridgehead atoms. The van der Waals surface area contributed by atoms with Crippen LogP contribution in [0.15, 0.2) is 12.1 Å². The number of carboxylic acid groups (broad SMARTS) is 1. The molecule has 108 valence electrons. The molecule has 3 unspecified atom stereocenters. The molecule has 2 aliphatic rings. The van der Waals surface area contributed by atoms with E-state index in [1.54, 1.807) is 12.1 Å². The summed E-state index contributed by atoms with van der Waals surface area (Å²) in [6.07, 6.45) is 5.54. The van der Waals surface area contributed by atoms with E-state index >= 15 is 0 Å². The minimum Gasteiger partial charge on any atom is -0.478 e. The highest BCUT2D eigenvalue weighted by atomic mass is 16.4. The predicted molar refractivity (Wildman–Crippen MR) is 78.1 cm³/mol. The maximum absolute atomic E-state index is 11.1. The summed E-state index contributed by atoms with van der Waals surface area (Å²) in [5.41, 5.74) is 1.09. The molecule has 20 heavy (non-hydrogen) atoms. The largest absolute Gasteiger partial charge is 0.478 e. The summed E-state index contributed by atoms with van der Waals surface area (Å²) in [7, 11) is 2.03. The third-order valence-corrected chi connectivity index (χ3v) is 4.97. The van der Waals surface area contributed by atoms with Gasteiger partial charge in [0.1, 0.15) is 5.82 Å². The Morgan fingerprint density at radius 2 is 2.20 bits per heavy atom. The highest BCUT2D eigenvalue weighted by molar-refractivity contribution is 5.88. The van der Waals surface area contributed by atoms with Gasteiger partial charge in [-0.25, -0.2) is 9.78 Å². The van der Waals surface area contributed by atoms with Crippen LogP contribution < -0.4 is 4.90 Å². The molecule has 0 aliphatic heterocycles. The standard InChI is InChI=1S/C16H22N2O2/c1-10-5-13(16(19)20)8-15(17-10)18(2)9-14-7-11-3-4-12(14)6-11/h5,8,11-12,14H,3-4,6-7,9H2,1-2H3,(H,19,20). The molecule has 2 saturated carbocycles. The van der Waals surface area contributed by atoms with E-state index in [0.29, 0.717) is 5.56 Å². The van der Waals surface area contributed by atoms with Crippen LogP contribution in [-0.2, 0) is 0 Å². The quantitative estimate of drug-likeness (QED) is 0.917. The van der Waals surface area contributed by atoms with Gasteiger partial charge in [-0.3, -0.25) is 0 Å². The van der Waals surface area contributed by atoms with Crippen LogP contribution in [0.5, 0.6) is 0 Å². The van der Waals surface area contributed by atoms with Gasteiger partial charge in [0, 0.05) is 19.3 Å². The molecule has 1 N–H and O–H groups in total. The molecule has 1 aromatic rings. The lowest BCUT2D eigenvalue weighted by molar-refractivity contribution is 0.0696. The van der Waals surface area contributed by atoms with E-state index in [0.717, 1.165) is 35.8 Å². The van der Waals surface area contributed by atoms with Crippen molar-refractivity contribution in [1.29, 1.82) is 0 Å². The second kappa shape index (κ2) is 5.08. The maximum Gasteiger partial charge on any atom is 0.335 e. The number of carboxylic acids is 1. The first-order valence-corrected chi connectivity index (χ1v) is 7.46. The van der Waals surface area contributed by atoms with Gasteiger partial charge in [0.05, 0.1) is 5.56 Å². The molecule has 0 aromatic carbocycles. The Hall–Kier alpha value is -1.58. The first-order valence-electron chi connectivity index (χ1n) is 7.46. The summed E-state index contributed by atoms with van der Waals surface area (Å²) in [5.74, 6) is 2.48. The number of nitrogens with zero attached hydrogens (tertiary/aromatic N) is 2. The summed E-state index contributed by atoms with van der Waals surface area (Å²) < 4.78 is 0. The van der Waals surface area contributed by atoms with Gasteiger partial charge in [0.15, 0.2) is 0 Å². The van der Waals surface area contributed by atoms with E-state index in [1.807, 2.05) is 14.0 Å². The van der Waals surface area contributed by atoms with Gasteiger partial charge in [-0.15, -0.1) is 0 Å². The molecule has 0 radical (unpaired) electrons. The van der Waals surface area contributed by atoms with Crippen molar-refractivity contribution in [2.45, 2.75) is 32.6 Å². The minimum atomic E-state index is -0.884. The van der Waals surface area contributed by atoms with Crippen LogP contribution in [0, 0.1) is 24.7 Å². The molecule has 4 nitrogen and oxygen atoms in total. The van der Waals surface area contributed by atoms with E-state index < -0.39 is 5.97 Å². The Labute approximate surface area is 119 Å². The zero-order chi connectivity index (χ0) is 14.3. The Balaban J connectivity index is 1.73. The van der Waals surface area contributed by atoms with E-state index in [2.05, 4.69) is 9.88 Å². The third kappa shape index (κ3) is 2.51. The zero-order valence-corrected chi connectivity index (χ0v) is 12.2. The topological polar surface area (TPSA) is 53.4 Å². The Morgan fingerprint density at radius 1 is 1.40 bits per heavy atom. The first-order chi connectivity index (χ1) is 9.52. The van der Waals surface area contributed by atoms with Crippen molar-refractivity contribution in [3.05, 3.63) is 23.4 Å². The minimum absolute atomic E-state index is 0.326. The molecule has 0 amide bonds.